The maximum absolute atomic E-state index is 12.3. The summed E-state index contributed by atoms with van der Waals surface area (Å²) >= 11 is 0. The van der Waals surface area contributed by atoms with Gasteiger partial charge in [0.15, 0.2) is 17.3 Å². The lowest BCUT2D eigenvalue weighted by atomic mass is 10.1. The van der Waals surface area contributed by atoms with Crippen LogP contribution < -0.4 is 20.1 Å². The first-order chi connectivity index (χ1) is 13.0. The van der Waals surface area contributed by atoms with E-state index in [0.717, 1.165) is 0 Å². The summed E-state index contributed by atoms with van der Waals surface area (Å²) in [6, 6.07) is 13.4. The number of amides is 1. The van der Waals surface area contributed by atoms with Gasteiger partial charge in [0.1, 0.15) is 11.6 Å². The van der Waals surface area contributed by atoms with Gasteiger partial charge in [-0.3, -0.25) is 9.59 Å². The van der Waals surface area contributed by atoms with Crippen molar-refractivity contribution < 1.29 is 19.1 Å². The van der Waals surface area contributed by atoms with Gasteiger partial charge in [0.2, 0.25) is 0 Å². The number of Topliss-reactive ketones (excluding diaryl/α,β-unsaturated/α-hetero) is 1. The van der Waals surface area contributed by atoms with Crippen LogP contribution in [0.1, 0.15) is 17.3 Å². The van der Waals surface area contributed by atoms with Crippen molar-refractivity contribution in [2.75, 3.05) is 24.9 Å². The molecule has 0 aliphatic carbocycles. The van der Waals surface area contributed by atoms with E-state index < -0.39 is 5.91 Å². The summed E-state index contributed by atoms with van der Waals surface area (Å²) in [6.07, 6.45) is 1.31. The predicted molar refractivity (Wildman–Crippen MR) is 102 cm³/mol. The van der Waals surface area contributed by atoms with Crippen LogP contribution in [-0.4, -0.2) is 25.9 Å². The molecule has 2 aromatic rings. The topological polar surface area (TPSA) is 100 Å². The third-order valence-electron chi connectivity index (χ3n) is 3.68. The standard InChI is InChI=1S/C20H19N3O4/c1-13(24)14-4-6-16(7-5-14)23-20(25)15(11-21)12-22-17-8-9-18(26-2)19(10-17)27-3/h4-10,12,22H,1-3H3,(H,23,25)/b15-12-. The SMILES string of the molecule is COc1ccc(N/C=C(/C#N)C(=O)Nc2ccc(C(C)=O)cc2)cc1OC. The van der Waals surface area contributed by atoms with Crippen LogP contribution in [-0.2, 0) is 4.79 Å². The lowest BCUT2D eigenvalue weighted by Crippen LogP contribution is -2.14. The van der Waals surface area contributed by atoms with Gasteiger partial charge >= 0.3 is 0 Å². The van der Waals surface area contributed by atoms with Crippen LogP contribution in [0.4, 0.5) is 11.4 Å². The van der Waals surface area contributed by atoms with Gasteiger partial charge in [-0.05, 0) is 43.3 Å². The summed E-state index contributed by atoms with van der Waals surface area (Å²) in [4.78, 5) is 23.5. The van der Waals surface area contributed by atoms with Gasteiger partial charge in [-0.15, -0.1) is 0 Å². The lowest BCUT2D eigenvalue weighted by molar-refractivity contribution is -0.112. The van der Waals surface area contributed by atoms with Crippen LogP contribution in [0.5, 0.6) is 11.5 Å². The van der Waals surface area contributed by atoms with E-state index in [1.54, 1.807) is 42.5 Å². The molecule has 0 aliphatic rings. The molecule has 0 saturated carbocycles. The smallest absolute Gasteiger partial charge is 0.267 e. The minimum absolute atomic E-state index is 0.0652. The van der Waals surface area contributed by atoms with E-state index in [-0.39, 0.29) is 11.4 Å². The minimum atomic E-state index is -0.568. The van der Waals surface area contributed by atoms with E-state index in [2.05, 4.69) is 10.6 Å². The highest BCUT2D eigenvalue weighted by Gasteiger charge is 2.10. The number of hydrogen-bond acceptors (Lipinski definition) is 6. The van der Waals surface area contributed by atoms with E-state index in [1.807, 2.05) is 6.07 Å². The van der Waals surface area contributed by atoms with Crippen LogP contribution in [0.3, 0.4) is 0 Å². The maximum Gasteiger partial charge on any atom is 0.267 e. The molecule has 2 N–H and O–H groups in total. The quantitative estimate of drug-likeness (QED) is 0.443. The number of nitrogens with zero attached hydrogens (tertiary/aromatic N) is 1. The van der Waals surface area contributed by atoms with Crippen molar-refractivity contribution in [3.63, 3.8) is 0 Å². The Labute approximate surface area is 157 Å². The summed E-state index contributed by atoms with van der Waals surface area (Å²) in [6.45, 7) is 1.46. The Balaban J connectivity index is 2.10. The van der Waals surface area contributed by atoms with E-state index >= 15 is 0 Å². The van der Waals surface area contributed by atoms with E-state index in [4.69, 9.17) is 9.47 Å². The number of nitriles is 1. The number of ether oxygens (including phenoxy) is 2. The van der Waals surface area contributed by atoms with Gasteiger partial charge in [-0.2, -0.15) is 5.26 Å². The summed E-state index contributed by atoms with van der Waals surface area (Å²) in [5.41, 5.74) is 1.54. The molecule has 27 heavy (non-hydrogen) atoms. The highest BCUT2D eigenvalue weighted by atomic mass is 16.5. The van der Waals surface area contributed by atoms with Gasteiger partial charge < -0.3 is 20.1 Å². The fourth-order valence-electron chi connectivity index (χ4n) is 2.22. The second-order valence-corrected chi connectivity index (χ2v) is 5.47. The average Bonchev–Trinajstić information content (AvgIpc) is 2.68. The molecule has 0 bridgehead atoms. The zero-order valence-electron chi connectivity index (χ0n) is 15.2. The molecule has 7 nitrogen and oxygen atoms in total. The van der Waals surface area contributed by atoms with Crippen molar-refractivity contribution in [3.8, 4) is 17.6 Å². The maximum atomic E-state index is 12.3. The molecule has 0 atom stereocenters. The number of anilines is 2. The van der Waals surface area contributed by atoms with Crippen LogP contribution in [0.25, 0.3) is 0 Å². The first-order valence-corrected chi connectivity index (χ1v) is 7.99. The number of hydrogen-bond donors (Lipinski definition) is 2. The second kappa shape index (κ2) is 9.06. The van der Waals surface area contributed by atoms with Gasteiger partial charge in [-0.1, -0.05) is 0 Å². The summed E-state index contributed by atoms with van der Waals surface area (Å²) in [5.74, 6) is 0.453. The predicted octanol–water partition coefficient (Wildman–Crippen LogP) is 3.36. The normalized spacial score (nSPS) is 10.5. The number of benzene rings is 2. The molecule has 0 aliphatic heterocycles. The lowest BCUT2D eigenvalue weighted by Gasteiger charge is -2.10. The minimum Gasteiger partial charge on any atom is -0.493 e. The number of carbonyl (C=O) groups is 2. The van der Waals surface area contributed by atoms with E-state index in [9.17, 15) is 14.9 Å². The first kappa shape index (κ1) is 19.5. The van der Waals surface area contributed by atoms with Gasteiger partial charge in [0.25, 0.3) is 5.91 Å². The van der Waals surface area contributed by atoms with Crippen LogP contribution in [0.2, 0.25) is 0 Å². The second-order valence-electron chi connectivity index (χ2n) is 5.47. The molecule has 0 fully saturated rings. The molecule has 1 amide bonds. The molecule has 0 heterocycles. The number of methoxy groups -OCH3 is 2. The van der Waals surface area contributed by atoms with Gasteiger partial charge in [0, 0.05) is 29.2 Å². The molecular formula is C20H19N3O4. The summed E-state index contributed by atoms with van der Waals surface area (Å²) in [7, 11) is 3.05. The molecule has 0 unspecified atom stereocenters. The van der Waals surface area contributed by atoms with Crippen molar-refractivity contribution in [1.82, 2.24) is 0 Å². The first-order valence-electron chi connectivity index (χ1n) is 7.99. The third kappa shape index (κ3) is 5.09. The highest BCUT2D eigenvalue weighted by molar-refractivity contribution is 6.07. The Morgan fingerprint density at radius 1 is 1.00 bits per heavy atom. The van der Waals surface area contributed by atoms with Crippen molar-refractivity contribution in [3.05, 3.63) is 59.8 Å². The highest BCUT2D eigenvalue weighted by Crippen LogP contribution is 2.29. The Morgan fingerprint density at radius 3 is 2.19 bits per heavy atom. The molecule has 2 aromatic carbocycles. The zero-order valence-corrected chi connectivity index (χ0v) is 15.2. The fraction of sp³-hybridized carbons (Fsp3) is 0.150. The molecule has 0 saturated heterocycles. The Kier molecular flexibility index (Phi) is 6.55. The Bertz CT molecular complexity index is 912. The molecule has 0 spiro atoms. The number of rotatable bonds is 7. The average molecular weight is 365 g/mol. The van der Waals surface area contributed by atoms with Crippen LogP contribution in [0, 0.1) is 11.3 Å². The Morgan fingerprint density at radius 2 is 1.63 bits per heavy atom. The van der Waals surface area contributed by atoms with Crippen LogP contribution >= 0.6 is 0 Å². The monoisotopic (exact) mass is 365 g/mol. The van der Waals surface area contributed by atoms with Gasteiger partial charge in [-0.25, -0.2) is 0 Å². The zero-order chi connectivity index (χ0) is 19.8. The van der Waals surface area contributed by atoms with E-state index in [0.29, 0.717) is 28.4 Å². The van der Waals surface area contributed by atoms with E-state index in [1.165, 1.54) is 27.3 Å². The number of nitrogens with one attached hydrogen (secondary N) is 2. The van der Waals surface area contributed by atoms with Crippen molar-refractivity contribution >= 4 is 23.1 Å². The number of ketones is 1. The van der Waals surface area contributed by atoms with Gasteiger partial charge in [0.05, 0.1) is 14.2 Å². The molecule has 0 aromatic heterocycles. The van der Waals surface area contributed by atoms with Crippen molar-refractivity contribution in [2.45, 2.75) is 6.92 Å². The molecule has 0 radical (unpaired) electrons. The molecular weight excluding hydrogens is 346 g/mol. The molecule has 2 rings (SSSR count). The fourth-order valence-corrected chi connectivity index (χ4v) is 2.22. The third-order valence-corrected chi connectivity index (χ3v) is 3.68. The summed E-state index contributed by atoms with van der Waals surface area (Å²) < 4.78 is 10.4. The Hall–Kier alpha value is -3.79. The van der Waals surface area contributed by atoms with Crippen LogP contribution in [0.15, 0.2) is 54.2 Å². The van der Waals surface area contributed by atoms with Crippen molar-refractivity contribution in [1.29, 1.82) is 5.26 Å². The molecule has 7 heteroatoms. The largest absolute Gasteiger partial charge is 0.493 e. The number of carbonyl (C=O) groups excluding carboxylic acids is 2. The molecule has 138 valence electrons. The summed E-state index contributed by atoms with van der Waals surface area (Å²) in [5, 5.41) is 14.7. The van der Waals surface area contributed by atoms with Crippen molar-refractivity contribution in [2.24, 2.45) is 0 Å².